The van der Waals surface area contributed by atoms with Gasteiger partial charge in [0.1, 0.15) is 6.54 Å². The second-order valence-electron chi connectivity index (χ2n) is 7.14. The monoisotopic (exact) mass is 452 g/mol. The molecule has 0 aromatic heterocycles. The van der Waals surface area contributed by atoms with Crippen LogP contribution in [0.4, 0.5) is 0 Å². The molecule has 2 aromatic carbocycles. The highest BCUT2D eigenvalue weighted by atomic mass is 32.2. The Morgan fingerprint density at radius 2 is 1.63 bits per heavy atom. The molecule has 8 nitrogen and oxygen atoms in total. The van der Waals surface area contributed by atoms with E-state index in [1.54, 1.807) is 12.1 Å². The number of nitrogens with zero attached hydrogens (tertiary/aromatic N) is 1. The van der Waals surface area contributed by atoms with Crippen LogP contribution in [0.15, 0.2) is 58.3 Å². The highest BCUT2D eigenvalue weighted by molar-refractivity contribution is 7.89. The van der Waals surface area contributed by atoms with Crippen molar-refractivity contribution in [1.82, 2.24) is 9.03 Å². The smallest absolute Gasteiger partial charge is 0.321 e. The molecule has 10 heteroatoms. The minimum atomic E-state index is -4.08. The van der Waals surface area contributed by atoms with Crippen LogP contribution in [0, 0.1) is 6.92 Å². The first-order chi connectivity index (χ1) is 14.1. The van der Waals surface area contributed by atoms with E-state index in [1.165, 1.54) is 31.4 Å². The first-order valence-electron chi connectivity index (χ1n) is 9.37. The molecule has 0 spiro atoms. The van der Waals surface area contributed by atoms with Crippen molar-refractivity contribution < 1.29 is 26.4 Å². The number of carbonyl (C=O) groups is 1. The average Bonchev–Trinajstić information content (AvgIpc) is 3.52. The molecule has 0 radical (unpaired) electrons. The van der Waals surface area contributed by atoms with Gasteiger partial charge < -0.3 is 4.74 Å². The lowest BCUT2D eigenvalue weighted by atomic mass is 10.1. The molecular formula is C20H24N2O6S2. The number of hydrogen-bond acceptors (Lipinski definition) is 6. The highest BCUT2D eigenvalue weighted by Crippen LogP contribution is 2.24. The quantitative estimate of drug-likeness (QED) is 0.581. The van der Waals surface area contributed by atoms with E-state index in [4.69, 9.17) is 0 Å². The van der Waals surface area contributed by atoms with Crippen LogP contribution in [0.5, 0.6) is 0 Å². The summed E-state index contributed by atoms with van der Waals surface area (Å²) in [4.78, 5) is 11.7. The minimum absolute atomic E-state index is 0.00762. The molecule has 1 aliphatic carbocycles. The van der Waals surface area contributed by atoms with Gasteiger partial charge in [0.15, 0.2) is 0 Å². The van der Waals surface area contributed by atoms with Crippen LogP contribution < -0.4 is 4.72 Å². The Balaban J connectivity index is 1.89. The Hall–Kier alpha value is -2.27. The zero-order valence-corrected chi connectivity index (χ0v) is 18.4. The molecule has 0 aliphatic heterocycles. The Morgan fingerprint density at radius 1 is 1.03 bits per heavy atom. The standard InChI is InChI=1S/C20H24N2O6S2/c1-15-5-3-4-6-16(15)13-22(14-20(23)28-2)30(26,27)19-11-9-18(10-12-19)29(24,25)21-17-7-8-17/h3-6,9-12,17,21H,7-8,13-14H2,1-2H3. The summed E-state index contributed by atoms with van der Waals surface area (Å²) in [6.45, 7) is 1.37. The summed E-state index contributed by atoms with van der Waals surface area (Å²) < 4.78 is 59.2. The number of ether oxygens (including phenoxy) is 1. The third kappa shape index (κ3) is 5.25. The van der Waals surface area contributed by atoms with Gasteiger partial charge in [-0.15, -0.1) is 0 Å². The van der Waals surface area contributed by atoms with E-state index in [0.29, 0.717) is 0 Å². The summed E-state index contributed by atoms with van der Waals surface area (Å²) in [6, 6.07) is 12.2. The molecule has 0 unspecified atom stereocenters. The van der Waals surface area contributed by atoms with Gasteiger partial charge in [-0.05, 0) is 55.2 Å². The predicted octanol–water partition coefficient (Wildman–Crippen LogP) is 1.80. The fourth-order valence-electron chi connectivity index (χ4n) is 2.84. The van der Waals surface area contributed by atoms with Crippen LogP contribution in [0.3, 0.4) is 0 Å². The number of methoxy groups -OCH3 is 1. The van der Waals surface area contributed by atoms with E-state index >= 15 is 0 Å². The summed E-state index contributed by atoms with van der Waals surface area (Å²) in [5, 5.41) is 0. The van der Waals surface area contributed by atoms with Gasteiger partial charge in [0.05, 0.1) is 16.9 Å². The maximum atomic E-state index is 13.2. The predicted molar refractivity (Wildman–Crippen MR) is 111 cm³/mol. The first kappa shape index (κ1) is 22.4. The van der Waals surface area contributed by atoms with Gasteiger partial charge in [-0.1, -0.05) is 24.3 Å². The van der Waals surface area contributed by atoms with Crippen molar-refractivity contribution in [3.05, 3.63) is 59.7 Å². The molecule has 30 heavy (non-hydrogen) atoms. The zero-order chi connectivity index (χ0) is 21.9. The Kier molecular flexibility index (Phi) is 6.61. The van der Waals surface area contributed by atoms with Gasteiger partial charge in [0, 0.05) is 12.6 Å². The molecule has 1 fully saturated rings. The van der Waals surface area contributed by atoms with Crippen LogP contribution in [0.25, 0.3) is 0 Å². The second kappa shape index (κ2) is 8.84. The Labute approximate surface area is 177 Å². The van der Waals surface area contributed by atoms with Gasteiger partial charge in [0.25, 0.3) is 0 Å². The summed E-state index contributed by atoms with van der Waals surface area (Å²) in [6.07, 6.45) is 1.60. The van der Waals surface area contributed by atoms with Crippen LogP contribution in [-0.2, 0) is 36.1 Å². The maximum absolute atomic E-state index is 13.2. The largest absolute Gasteiger partial charge is 0.468 e. The van der Waals surface area contributed by atoms with Crippen molar-refractivity contribution in [2.45, 2.75) is 42.1 Å². The van der Waals surface area contributed by atoms with Crippen LogP contribution >= 0.6 is 0 Å². The number of esters is 1. The van der Waals surface area contributed by atoms with Gasteiger partial charge in [-0.3, -0.25) is 4.79 Å². The topological polar surface area (TPSA) is 110 Å². The summed E-state index contributed by atoms with van der Waals surface area (Å²) in [7, 11) is -6.58. The lowest BCUT2D eigenvalue weighted by molar-refractivity contribution is -0.140. The van der Waals surface area contributed by atoms with Gasteiger partial charge in [0.2, 0.25) is 20.0 Å². The zero-order valence-electron chi connectivity index (χ0n) is 16.7. The molecule has 0 atom stereocenters. The van der Waals surface area contributed by atoms with E-state index < -0.39 is 32.6 Å². The Morgan fingerprint density at radius 3 is 2.20 bits per heavy atom. The van der Waals surface area contributed by atoms with Gasteiger partial charge >= 0.3 is 5.97 Å². The highest BCUT2D eigenvalue weighted by Gasteiger charge is 2.30. The normalized spacial score (nSPS) is 14.6. The first-order valence-corrected chi connectivity index (χ1v) is 12.3. The molecular weight excluding hydrogens is 428 g/mol. The van der Waals surface area contributed by atoms with Crippen molar-refractivity contribution in [3.8, 4) is 0 Å². The number of hydrogen-bond donors (Lipinski definition) is 1. The Bertz CT molecular complexity index is 1120. The van der Waals surface area contributed by atoms with Gasteiger partial charge in [-0.2, -0.15) is 4.31 Å². The number of benzene rings is 2. The third-order valence-corrected chi connectivity index (χ3v) is 8.15. The minimum Gasteiger partial charge on any atom is -0.468 e. The van der Waals surface area contributed by atoms with Crippen molar-refractivity contribution in [1.29, 1.82) is 0 Å². The third-order valence-electron chi connectivity index (χ3n) is 4.81. The number of sulfonamides is 2. The maximum Gasteiger partial charge on any atom is 0.321 e. The molecule has 3 rings (SSSR count). The number of nitrogens with one attached hydrogen (secondary N) is 1. The molecule has 0 bridgehead atoms. The molecule has 1 N–H and O–H groups in total. The van der Waals surface area contributed by atoms with Crippen molar-refractivity contribution >= 4 is 26.0 Å². The van der Waals surface area contributed by atoms with Crippen LogP contribution in [-0.4, -0.2) is 46.8 Å². The molecule has 162 valence electrons. The number of aryl methyl sites for hydroxylation is 1. The molecule has 1 aliphatic rings. The van der Waals surface area contributed by atoms with Gasteiger partial charge in [-0.25, -0.2) is 21.6 Å². The van der Waals surface area contributed by atoms with Crippen molar-refractivity contribution in [2.75, 3.05) is 13.7 Å². The number of carbonyl (C=O) groups excluding carboxylic acids is 1. The van der Waals surface area contributed by atoms with E-state index in [9.17, 15) is 21.6 Å². The molecule has 0 heterocycles. The van der Waals surface area contributed by atoms with Crippen molar-refractivity contribution in [2.24, 2.45) is 0 Å². The summed E-state index contributed by atoms with van der Waals surface area (Å²) in [5.41, 5.74) is 1.63. The second-order valence-corrected chi connectivity index (χ2v) is 10.8. The fraction of sp³-hybridized carbons (Fsp3) is 0.350. The molecule has 0 saturated heterocycles. The van der Waals surface area contributed by atoms with Crippen LogP contribution in [0.1, 0.15) is 24.0 Å². The van der Waals surface area contributed by atoms with Crippen molar-refractivity contribution in [3.63, 3.8) is 0 Å². The van der Waals surface area contributed by atoms with E-state index in [-0.39, 0.29) is 22.4 Å². The average molecular weight is 453 g/mol. The number of rotatable bonds is 9. The molecule has 2 aromatic rings. The lowest BCUT2D eigenvalue weighted by Gasteiger charge is -2.22. The lowest BCUT2D eigenvalue weighted by Crippen LogP contribution is -2.36. The van der Waals surface area contributed by atoms with E-state index in [1.807, 2.05) is 19.1 Å². The van der Waals surface area contributed by atoms with E-state index in [0.717, 1.165) is 28.3 Å². The van der Waals surface area contributed by atoms with E-state index in [2.05, 4.69) is 9.46 Å². The molecule has 0 amide bonds. The van der Waals surface area contributed by atoms with Crippen LogP contribution in [0.2, 0.25) is 0 Å². The summed E-state index contributed by atoms with van der Waals surface area (Å²) >= 11 is 0. The SMILES string of the molecule is COC(=O)CN(Cc1ccccc1C)S(=O)(=O)c1ccc(S(=O)(=O)NC2CC2)cc1. The summed E-state index contributed by atoms with van der Waals surface area (Å²) in [5.74, 6) is -0.694. The molecule has 1 saturated carbocycles. The fourth-order valence-corrected chi connectivity index (χ4v) is 5.51.